The van der Waals surface area contributed by atoms with Crippen LogP contribution in [-0.4, -0.2) is 10.1 Å². The monoisotopic (exact) mass is 247 g/mol. The van der Waals surface area contributed by atoms with Crippen LogP contribution in [0.25, 0.3) is 0 Å². The van der Waals surface area contributed by atoms with Gasteiger partial charge in [0, 0.05) is 22.4 Å². The number of phenols is 1. The average Bonchev–Trinajstić information content (AvgIpc) is 2.37. The molecule has 0 saturated carbocycles. The van der Waals surface area contributed by atoms with Gasteiger partial charge in [-0.2, -0.15) is 0 Å². The molecule has 1 heterocycles. The van der Waals surface area contributed by atoms with E-state index in [2.05, 4.69) is 10.4 Å². The summed E-state index contributed by atoms with van der Waals surface area (Å²) < 4.78 is 0. The highest BCUT2D eigenvalue weighted by Crippen LogP contribution is 2.27. The van der Waals surface area contributed by atoms with Crippen LogP contribution in [0.4, 0.5) is 5.82 Å². The van der Waals surface area contributed by atoms with Crippen LogP contribution in [0.5, 0.6) is 5.75 Å². The van der Waals surface area contributed by atoms with Gasteiger partial charge in [-0.15, -0.1) is 11.8 Å². The zero-order valence-corrected chi connectivity index (χ0v) is 9.95. The standard InChI is InChI=1S/C12H13N3OS/c13-15-12-9(3-2-6-14-12)8-17-11-5-1-4-10(16)7-11/h1-7,16H,8,13H2,(H,14,15). The Morgan fingerprint density at radius 1 is 1.29 bits per heavy atom. The Labute approximate surface area is 104 Å². The van der Waals surface area contributed by atoms with Crippen molar-refractivity contribution in [3.05, 3.63) is 48.2 Å². The Morgan fingerprint density at radius 3 is 2.94 bits per heavy atom. The molecule has 88 valence electrons. The number of hydrazine groups is 1. The van der Waals surface area contributed by atoms with Crippen LogP contribution < -0.4 is 11.3 Å². The van der Waals surface area contributed by atoms with Crippen molar-refractivity contribution in [2.24, 2.45) is 5.84 Å². The van der Waals surface area contributed by atoms with Crippen LogP contribution in [-0.2, 0) is 5.75 Å². The molecule has 0 fully saturated rings. The van der Waals surface area contributed by atoms with E-state index in [1.165, 1.54) is 0 Å². The van der Waals surface area contributed by atoms with Gasteiger partial charge in [-0.3, -0.25) is 0 Å². The fraction of sp³-hybridized carbons (Fsp3) is 0.0833. The van der Waals surface area contributed by atoms with Crippen LogP contribution >= 0.6 is 11.8 Å². The van der Waals surface area contributed by atoms with Gasteiger partial charge >= 0.3 is 0 Å². The van der Waals surface area contributed by atoms with Crippen LogP contribution in [0, 0.1) is 0 Å². The minimum atomic E-state index is 0.276. The first-order valence-electron chi connectivity index (χ1n) is 5.12. The molecule has 0 amide bonds. The van der Waals surface area contributed by atoms with E-state index >= 15 is 0 Å². The molecule has 4 nitrogen and oxygen atoms in total. The van der Waals surface area contributed by atoms with Gasteiger partial charge in [0.25, 0.3) is 0 Å². The summed E-state index contributed by atoms with van der Waals surface area (Å²) in [6.45, 7) is 0. The fourth-order valence-corrected chi connectivity index (χ4v) is 2.35. The molecule has 0 unspecified atom stereocenters. The highest BCUT2D eigenvalue weighted by Gasteiger charge is 2.03. The van der Waals surface area contributed by atoms with E-state index in [0.29, 0.717) is 5.82 Å². The molecule has 17 heavy (non-hydrogen) atoms. The number of phenolic OH excluding ortho intramolecular Hbond substituents is 1. The zero-order valence-electron chi connectivity index (χ0n) is 9.13. The number of aromatic hydroxyl groups is 1. The van der Waals surface area contributed by atoms with Gasteiger partial charge in [0.05, 0.1) is 0 Å². The summed E-state index contributed by atoms with van der Waals surface area (Å²) in [6.07, 6.45) is 1.69. The number of hydrogen-bond donors (Lipinski definition) is 3. The van der Waals surface area contributed by atoms with Crippen LogP contribution in [0.15, 0.2) is 47.5 Å². The van der Waals surface area contributed by atoms with Crippen molar-refractivity contribution in [3.63, 3.8) is 0 Å². The highest BCUT2D eigenvalue weighted by molar-refractivity contribution is 7.98. The lowest BCUT2D eigenvalue weighted by Crippen LogP contribution is -2.10. The first-order valence-corrected chi connectivity index (χ1v) is 6.10. The van der Waals surface area contributed by atoms with Gasteiger partial charge in [0.15, 0.2) is 0 Å². The lowest BCUT2D eigenvalue weighted by Gasteiger charge is -2.07. The molecule has 5 heteroatoms. The number of pyridine rings is 1. The predicted octanol–water partition coefficient (Wildman–Crippen LogP) is 2.37. The molecule has 2 aromatic rings. The second-order valence-electron chi connectivity index (χ2n) is 3.44. The topological polar surface area (TPSA) is 71.2 Å². The number of hydrogen-bond acceptors (Lipinski definition) is 5. The minimum absolute atomic E-state index is 0.276. The number of nitrogens with zero attached hydrogens (tertiary/aromatic N) is 1. The maximum absolute atomic E-state index is 9.35. The highest BCUT2D eigenvalue weighted by atomic mass is 32.2. The SMILES string of the molecule is NNc1ncccc1CSc1cccc(O)c1. The summed E-state index contributed by atoms with van der Waals surface area (Å²) in [5.74, 6) is 7.09. The van der Waals surface area contributed by atoms with E-state index in [4.69, 9.17) is 5.84 Å². The van der Waals surface area contributed by atoms with E-state index in [0.717, 1.165) is 16.2 Å². The van der Waals surface area contributed by atoms with Crippen LogP contribution in [0.1, 0.15) is 5.56 Å². The minimum Gasteiger partial charge on any atom is -0.508 e. The molecular weight excluding hydrogens is 234 g/mol. The molecule has 1 aromatic heterocycles. The van der Waals surface area contributed by atoms with Gasteiger partial charge in [-0.05, 0) is 24.3 Å². The Morgan fingerprint density at radius 2 is 2.18 bits per heavy atom. The average molecular weight is 247 g/mol. The number of nitrogens with one attached hydrogen (secondary N) is 1. The van der Waals surface area contributed by atoms with Crippen molar-refractivity contribution < 1.29 is 5.11 Å². The Bertz CT molecular complexity index is 505. The summed E-state index contributed by atoms with van der Waals surface area (Å²) in [7, 11) is 0. The van der Waals surface area contributed by atoms with E-state index in [-0.39, 0.29) is 5.75 Å². The Balaban J connectivity index is 2.07. The Hall–Kier alpha value is -1.72. The molecule has 0 atom stereocenters. The van der Waals surface area contributed by atoms with Crippen molar-refractivity contribution in [3.8, 4) is 5.75 Å². The number of nitrogen functional groups attached to an aromatic ring is 1. The van der Waals surface area contributed by atoms with Gasteiger partial charge < -0.3 is 10.5 Å². The number of aromatic nitrogens is 1. The first-order chi connectivity index (χ1) is 8.29. The van der Waals surface area contributed by atoms with Gasteiger partial charge in [0.1, 0.15) is 11.6 Å². The summed E-state index contributed by atoms with van der Waals surface area (Å²) in [4.78, 5) is 5.14. The molecule has 4 N–H and O–H groups in total. The van der Waals surface area contributed by atoms with Gasteiger partial charge in [-0.25, -0.2) is 10.8 Å². The smallest absolute Gasteiger partial charge is 0.143 e. The molecule has 0 aliphatic heterocycles. The lowest BCUT2D eigenvalue weighted by molar-refractivity contribution is 0.474. The maximum Gasteiger partial charge on any atom is 0.143 e. The predicted molar refractivity (Wildman–Crippen MR) is 69.7 cm³/mol. The second kappa shape index (κ2) is 5.56. The van der Waals surface area contributed by atoms with E-state index < -0.39 is 0 Å². The largest absolute Gasteiger partial charge is 0.508 e. The normalized spacial score (nSPS) is 10.2. The summed E-state index contributed by atoms with van der Waals surface area (Å²) in [6, 6.07) is 11.0. The molecular formula is C12H13N3OS. The third-order valence-electron chi connectivity index (χ3n) is 2.24. The third-order valence-corrected chi connectivity index (χ3v) is 3.28. The molecule has 0 aliphatic rings. The van der Waals surface area contributed by atoms with Crippen LogP contribution in [0.3, 0.4) is 0 Å². The van der Waals surface area contributed by atoms with Crippen molar-refractivity contribution in [2.75, 3.05) is 5.43 Å². The van der Waals surface area contributed by atoms with Gasteiger partial charge in [0.2, 0.25) is 0 Å². The summed E-state index contributed by atoms with van der Waals surface area (Å²) >= 11 is 1.62. The summed E-state index contributed by atoms with van der Waals surface area (Å²) in [5.41, 5.74) is 3.60. The molecule has 0 aliphatic carbocycles. The van der Waals surface area contributed by atoms with E-state index in [1.807, 2.05) is 24.3 Å². The molecule has 1 aromatic carbocycles. The van der Waals surface area contributed by atoms with Crippen molar-refractivity contribution in [1.29, 1.82) is 0 Å². The molecule has 0 spiro atoms. The first kappa shape index (κ1) is 11.8. The third kappa shape index (κ3) is 3.12. The number of rotatable bonds is 4. The molecule has 2 rings (SSSR count). The lowest BCUT2D eigenvalue weighted by atomic mass is 10.3. The van der Waals surface area contributed by atoms with Crippen molar-refractivity contribution in [1.82, 2.24) is 4.98 Å². The summed E-state index contributed by atoms with van der Waals surface area (Å²) in [5, 5.41) is 9.35. The number of thioether (sulfide) groups is 1. The fourth-order valence-electron chi connectivity index (χ4n) is 1.42. The van der Waals surface area contributed by atoms with Crippen molar-refractivity contribution in [2.45, 2.75) is 10.6 Å². The Kier molecular flexibility index (Phi) is 3.85. The quantitative estimate of drug-likeness (QED) is 0.439. The maximum atomic E-state index is 9.35. The van der Waals surface area contributed by atoms with E-state index in [9.17, 15) is 5.11 Å². The van der Waals surface area contributed by atoms with Crippen molar-refractivity contribution >= 4 is 17.6 Å². The van der Waals surface area contributed by atoms with E-state index in [1.54, 1.807) is 30.1 Å². The number of benzene rings is 1. The van der Waals surface area contributed by atoms with Crippen LogP contribution in [0.2, 0.25) is 0 Å². The number of nitrogens with two attached hydrogens (primary N) is 1. The second-order valence-corrected chi connectivity index (χ2v) is 4.49. The molecule has 0 radical (unpaired) electrons. The number of anilines is 1. The molecule has 0 saturated heterocycles. The zero-order chi connectivity index (χ0) is 12.1. The molecule has 0 bridgehead atoms. The van der Waals surface area contributed by atoms with Gasteiger partial charge in [-0.1, -0.05) is 12.1 Å².